The van der Waals surface area contributed by atoms with E-state index in [0.29, 0.717) is 23.4 Å². The molecule has 1 N–H and O–H groups in total. The van der Waals surface area contributed by atoms with Gasteiger partial charge in [-0.15, -0.1) is 0 Å². The van der Waals surface area contributed by atoms with Gasteiger partial charge < -0.3 is 10.1 Å². The number of halogens is 1. The molecular weight excluding hydrogens is 286 g/mol. The van der Waals surface area contributed by atoms with E-state index in [1.807, 2.05) is 31.2 Å². The van der Waals surface area contributed by atoms with E-state index in [0.717, 1.165) is 11.4 Å². The first-order valence-electron chi connectivity index (χ1n) is 6.94. The largest absolute Gasteiger partial charge is 0.492 e. The highest BCUT2D eigenvalue weighted by molar-refractivity contribution is 6.29. The molecule has 2 aromatic rings. The van der Waals surface area contributed by atoms with Gasteiger partial charge >= 0.3 is 0 Å². The molecule has 0 aliphatic carbocycles. The zero-order valence-electron chi connectivity index (χ0n) is 12.8. The maximum Gasteiger partial charge on any atom is 0.142 e. The summed E-state index contributed by atoms with van der Waals surface area (Å²) in [6, 6.07) is 9.44. The minimum Gasteiger partial charge on any atom is -0.492 e. The summed E-state index contributed by atoms with van der Waals surface area (Å²) in [7, 11) is 0. The zero-order chi connectivity index (χ0) is 15.5. The number of ether oxygens (including phenoxy) is 1. The Hall–Kier alpha value is -1.81. The summed E-state index contributed by atoms with van der Waals surface area (Å²) in [5.41, 5.74) is 0.690. The van der Waals surface area contributed by atoms with Crippen molar-refractivity contribution in [2.75, 3.05) is 11.9 Å². The molecule has 1 aromatic carbocycles. The summed E-state index contributed by atoms with van der Waals surface area (Å²) in [5, 5.41) is 3.67. The van der Waals surface area contributed by atoms with Crippen LogP contribution < -0.4 is 10.1 Å². The average Bonchev–Trinajstić information content (AvgIpc) is 2.40. The van der Waals surface area contributed by atoms with Crippen molar-refractivity contribution in [2.24, 2.45) is 0 Å². The number of hydrogen-bond donors (Lipinski definition) is 1. The Balaban J connectivity index is 2.34. The van der Waals surface area contributed by atoms with Crippen molar-refractivity contribution in [2.45, 2.75) is 33.1 Å². The van der Waals surface area contributed by atoms with E-state index in [-0.39, 0.29) is 5.41 Å². The second-order valence-corrected chi connectivity index (χ2v) is 6.09. The minimum atomic E-state index is -0.166. The number of aromatic nitrogens is 2. The second kappa shape index (κ2) is 6.31. The van der Waals surface area contributed by atoms with Crippen molar-refractivity contribution >= 4 is 23.1 Å². The Labute approximate surface area is 130 Å². The standard InChI is InChI=1S/C16H20ClN3O/c1-5-21-12-9-7-6-8-11(12)18-14-10-13(17)19-15(20-14)16(2,3)4/h6-10H,5H2,1-4H3,(H,18,19,20). The van der Waals surface area contributed by atoms with Gasteiger partial charge in [0.15, 0.2) is 0 Å². The predicted molar refractivity (Wildman–Crippen MR) is 86.6 cm³/mol. The van der Waals surface area contributed by atoms with Gasteiger partial charge in [0.1, 0.15) is 22.5 Å². The molecule has 112 valence electrons. The maximum atomic E-state index is 6.10. The summed E-state index contributed by atoms with van der Waals surface area (Å²) in [5.74, 6) is 2.14. The van der Waals surface area contributed by atoms with E-state index in [9.17, 15) is 0 Å². The summed E-state index contributed by atoms with van der Waals surface area (Å²) in [4.78, 5) is 8.83. The van der Waals surface area contributed by atoms with Crippen molar-refractivity contribution in [3.8, 4) is 5.75 Å². The molecule has 1 heterocycles. The first-order chi connectivity index (χ1) is 9.90. The normalized spacial score (nSPS) is 11.3. The van der Waals surface area contributed by atoms with Gasteiger partial charge in [-0.1, -0.05) is 44.5 Å². The predicted octanol–water partition coefficient (Wildman–Crippen LogP) is 4.57. The van der Waals surface area contributed by atoms with Gasteiger partial charge in [0.25, 0.3) is 0 Å². The van der Waals surface area contributed by atoms with Crippen molar-refractivity contribution in [1.82, 2.24) is 9.97 Å². The number of hydrogen-bond acceptors (Lipinski definition) is 4. The van der Waals surface area contributed by atoms with Crippen LogP contribution in [-0.2, 0) is 5.41 Å². The molecule has 2 rings (SSSR count). The van der Waals surface area contributed by atoms with Crippen LogP contribution in [-0.4, -0.2) is 16.6 Å². The molecule has 5 heteroatoms. The Morgan fingerprint density at radius 2 is 1.90 bits per heavy atom. The van der Waals surface area contributed by atoms with E-state index < -0.39 is 0 Å². The van der Waals surface area contributed by atoms with Crippen molar-refractivity contribution in [3.63, 3.8) is 0 Å². The maximum absolute atomic E-state index is 6.10. The lowest BCUT2D eigenvalue weighted by Gasteiger charge is -2.18. The topological polar surface area (TPSA) is 47.0 Å². The van der Waals surface area contributed by atoms with Crippen LogP contribution in [0.2, 0.25) is 5.15 Å². The van der Waals surface area contributed by atoms with Gasteiger partial charge in [0, 0.05) is 11.5 Å². The second-order valence-electron chi connectivity index (χ2n) is 5.70. The van der Waals surface area contributed by atoms with E-state index in [2.05, 4.69) is 36.1 Å². The highest BCUT2D eigenvalue weighted by atomic mass is 35.5. The van der Waals surface area contributed by atoms with Crippen molar-refractivity contribution < 1.29 is 4.74 Å². The van der Waals surface area contributed by atoms with E-state index in [1.54, 1.807) is 6.07 Å². The summed E-state index contributed by atoms with van der Waals surface area (Å²) in [6.45, 7) is 8.72. The van der Waals surface area contributed by atoms with Crippen LogP contribution in [0.4, 0.5) is 11.5 Å². The third-order valence-corrected chi connectivity index (χ3v) is 3.01. The number of para-hydroxylation sites is 2. The monoisotopic (exact) mass is 305 g/mol. The molecule has 0 atom stereocenters. The van der Waals surface area contributed by atoms with Crippen molar-refractivity contribution in [3.05, 3.63) is 41.3 Å². The van der Waals surface area contributed by atoms with Gasteiger partial charge in [-0.2, -0.15) is 0 Å². The van der Waals surface area contributed by atoms with Crippen LogP contribution in [0.1, 0.15) is 33.5 Å². The quantitative estimate of drug-likeness (QED) is 0.841. The summed E-state index contributed by atoms with van der Waals surface area (Å²) in [6.07, 6.45) is 0. The van der Waals surface area contributed by atoms with Gasteiger partial charge in [0.2, 0.25) is 0 Å². The Kier molecular flexibility index (Phi) is 4.68. The minimum absolute atomic E-state index is 0.166. The third kappa shape index (κ3) is 4.08. The Morgan fingerprint density at radius 3 is 2.57 bits per heavy atom. The molecule has 0 bridgehead atoms. The molecule has 0 aliphatic heterocycles. The van der Waals surface area contributed by atoms with Crippen LogP contribution >= 0.6 is 11.6 Å². The lowest BCUT2D eigenvalue weighted by atomic mass is 9.96. The Morgan fingerprint density at radius 1 is 1.19 bits per heavy atom. The molecule has 0 saturated heterocycles. The molecule has 0 spiro atoms. The highest BCUT2D eigenvalue weighted by Gasteiger charge is 2.19. The average molecular weight is 306 g/mol. The first-order valence-corrected chi connectivity index (χ1v) is 7.32. The molecule has 1 aromatic heterocycles. The number of nitrogens with zero attached hydrogens (tertiary/aromatic N) is 2. The molecule has 4 nitrogen and oxygen atoms in total. The smallest absolute Gasteiger partial charge is 0.142 e. The first kappa shape index (κ1) is 15.6. The zero-order valence-corrected chi connectivity index (χ0v) is 13.5. The van der Waals surface area contributed by atoms with Crippen LogP contribution in [0.25, 0.3) is 0 Å². The molecule has 0 aliphatic rings. The number of rotatable bonds is 4. The van der Waals surface area contributed by atoms with Crippen LogP contribution in [0.15, 0.2) is 30.3 Å². The van der Waals surface area contributed by atoms with E-state index >= 15 is 0 Å². The number of anilines is 2. The number of nitrogens with one attached hydrogen (secondary N) is 1. The fourth-order valence-electron chi connectivity index (χ4n) is 1.81. The number of benzene rings is 1. The van der Waals surface area contributed by atoms with Gasteiger partial charge in [-0.25, -0.2) is 9.97 Å². The summed E-state index contributed by atoms with van der Waals surface area (Å²) >= 11 is 6.10. The van der Waals surface area contributed by atoms with Gasteiger partial charge in [-0.3, -0.25) is 0 Å². The highest BCUT2D eigenvalue weighted by Crippen LogP contribution is 2.29. The SMILES string of the molecule is CCOc1ccccc1Nc1cc(Cl)nc(C(C)(C)C)n1. The molecule has 0 amide bonds. The molecule has 21 heavy (non-hydrogen) atoms. The van der Waals surface area contributed by atoms with Crippen molar-refractivity contribution in [1.29, 1.82) is 0 Å². The lowest BCUT2D eigenvalue weighted by molar-refractivity contribution is 0.342. The molecular formula is C16H20ClN3O. The fraction of sp³-hybridized carbons (Fsp3) is 0.375. The third-order valence-electron chi connectivity index (χ3n) is 2.82. The molecule has 0 fully saturated rings. The van der Waals surface area contributed by atoms with Crippen LogP contribution in [0.3, 0.4) is 0 Å². The summed E-state index contributed by atoms with van der Waals surface area (Å²) < 4.78 is 5.60. The molecule has 0 unspecified atom stereocenters. The van der Waals surface area contributed by atoms with E-state index in [1.165, 1.54) is 0 Å². The van der Waals surface area contributed by atoms with Gasteiger partial charge in [0.05, 0.1) is 12.3 Å². The van der Waals surface area contributed by atoms with Gasteiger partial charge in [-0.05, 0) is 19.1 Å². The van der Waals surface area contributed by atoms with Crippen LogP contribution in [0.5, 0.6) is 5.75 Å². The lowest BCUT2D eigenvalue weighted by Crippen LogP contribution is -2.16. The van der Waals surface area contributed by atoms with Crippen LogP contribution in [0, 0.1) is 0 Å². The fourth-order valence-corrected chi connectivity index (χ4v) is 1.99. The molecule has 0 radical (unpaired) electrons. The molecule has 0 saturated carbocycles. The van der Waals surface area contributed by atoms with E-state index in [4.69, 9.17) is 16.3 Å². The Bertz CT molecular complexity index is 623.